The molecule has 3 N–H and O–H groups in total. The predicted molar refractivity (Wildman–Crippen MR) is 196 cm³/mol. The van der Waals surface area contributed by atoms with Crippen LogP contribution < -0.4 is 20.7 Å². The smallest absolute Gasteiger partial charge is 0.319 e. The molecule has 0 amide bonds. The molecular weight excluding hydrogens is 684 g/mol. The van der Waals surface area contributed by atoms with Gasteiger partial charge in [0.25, 0.3) is 5.92 Å². The second kappa shape index (κ2) is 11.5. The molecule has 53 heavy (non-hydrogen) atoms. The first-order chi connectivity index (χ1) is 25.5. The second-order valence-electron chi connectivity index (χ2n) is 16.3. The summed E-state index contributed by atoms with van der Waals surface area (Å²) in [7, 11) is 0. The Hall–Kier alpha value is -4.60. The van der Waals surface area contributed by atoms with Crippen LogP contribution in [0.2, 0.25) is 0 Å². The first-order valence-corrected chi connectivity index (χ1v) is 18.6. The molecule has 10 rings (SSSR count). The SMILES string of the molecule is C#Cc1c(F)ccc2cc(N)cc(-c3c(F)c4nc(OCC5(CN6CCC7(CC6)CC7(F)F)CC5)nc(N5C[C@H]6CC[C@@H](C5)N6)c4c4cc(C)oc34)c12. The number of rotatable bonds is 7. The molecule has 274 valence electrons. The molecule has 3 aliphatic heterocycles. The molecule has 0 unspecified atom stereocenters. The van der Waals surface area contributed by atoms with E-state index in [1.54, 1.807) is 25.1 Å². The van der Waals surface area contributed by atoms with Crippen molar-refractivity contribution in [2.24, 2.45) is 10.8 Å². The number of aryl methyl sites for hydroxylation is 1. The Morgan fingerprint density at radius 2 is 1.77 bits per heavy atom. The average molecular weight is 725 g/mol. The molecule has 5 aliphatic rings. The zero-order valence-electron chi connectivity index (χ0n) is 29.5. The number of anilines is 2. The quantitative estimate of drug-likeness (QED) is 0.101. The molecule has 2 aliphatic carbocycles. The van der Waals surface area contributed by atoms with E-state index in [1.807, 2.05) is 6.07 Å². The molecule has 2 bridgehead atoms. The second-order valence-corrected chi connectivity index (χ2v) is 16.3. The third-order valence-corrected chi connectivity index (χ3v) is 12.7. The highest BCUT2D eigenvalue weighted by Gasteiger charge is 2.70. The summed E-state index contributed by atoms with van der Waals surface area (Å²) in [4.78, 5) is 14.3. The largest absolute Gasteiger partial charge is 0.463 e. The lowest BCUT2D eigenvalue weighted by Gasteiger charge is -2.35. The number of hydrogen-bond donors (Lipinski definition) is 2. The van der Waals surface area contributed by atoms with Crippen LogP contribution in [0.4, 0.5) is 29.1 Å². The van der Waals surface area contributed by atoms with Crippen LogP contribution >= 0.6 is 0 Å². The number of nitrogens with two attached hydrogens (primary N) is 1. The molecular formula is C41H40F4N6O2. The number of aromatic nitrogens is 2. The van der Waals surface area contributed by atoms with Crippen LogP contribution in [-0.4, -0.2) is 72.2 Å². The van der Waals surface area contributed by atoms with Gasteiger partial charge in [-0.2, -0.15) is 9.97 Å². The van der Waals surface area contributed by atoms with E-state index in [0.29, 0.717) is 90.0 Å². The number of alkyl halides is 2. The van der Waals surface area contributed by atoms with Crippen LogP contribution in [0.25, 0.3) is 43.8 Å². The number of fused-ring (bicyclic) bond motifs is 6. The van der Waals surface area contributed by atoms with Gasteiger partial charge in [-0.3, -0.25) is 0 Å². The maximum absolute atomic E-state index is 17.6. The van der Waals surface area contributed by atoms with Crippen molar-refractivity contribution >= 4 is 44.1 Å². The van der Waals surface area contributed by atoms with Gasteiger partial charge in [-0.05, 0) is 93.8 Å². The lowest BCUT2D eigenvalue weighted by molar-refractivity contribution is 0.0252. The minimum absolute atomic E-state index is 0.00145. The molecule has 5 fully saturated rings. The summed E-state index contributed by atoms with van der Waals surface area (Å²) in [5.41, 5.74) is 6.50. The van der Waals surface area contributed by atoms with Crippen molar-refractivity contribution in [2.45, 2.75) is 69.9 Å². The van der Waals surface area contributed by atoms with Gasteiger partial charge in [0.05, 0.1) is 23.1 Å². The summed E-state index contributed by atoms with van der Waals surface area (Å²) in [6.07, 6.45) is 10.8. The van der Waals surface area contributed by atoms with Crippen LogP contribution in [0, 0.1) is 41.7 Å². The maximum Gasteiger partial charge on any atom is 0.319 e. The predicted octanol–water partition coefficient (Wildman–Crippen LogP) is 7.57. The number of benzene rings is 3. The topological polar surface area (TPSA) is 92.7 Å². The van der Waals surface area contributed by atoms with Gasteiger partial charge in [-0.1, -0.05) is 12.0 Å². The van der Waals surface area contributed by atoms with Crippen molar-refractivity contribution in [3.05, 3.63) is 53.3 Å². The Bertz CT molecular complexity index is 2380. The molecule has 0 radical (unpaired) electrons. The number of likely N-dealkylation sites (tertiary alicyclic amines) is 1. The van der Waals surface area contributed by atoms with Crippen molar-refractivity contribution in [3.63, 3.8) is 0 Å². The maximum atomic E-state index is 17.6. The summed E-state index contributed by atoms with van der Waals surface area (Å²) in [6, 6.07) is 8.63. The van der Waals surface area contributed by atoms with Crippen LogP contribution in [0.3, 0.4) is 0 Å². The van der Waals surface area contributed by atoms with Gasteiger partial charge in [0, 0.05) is 65.4 Å². The first-order valence-electron chi connectivity index (χ1n) is 18.6. The van der Waals surface area contributed by atoms with Gasteiger partial charge in [0.15, 0.2) is 5.82 Å². The van der Waals surface area contributed by atoms with Crippen molar-refractivity contribution in [1.29, 1.82) is 0 Å². The van der Waals surface area contributed by atoms with E-state index in [0.717, 1.165) is 32.2 Å². The lowest BCUT2D eigenvalue weighted by atomic mass is 9.91. The van der Waals surface area contributed by atoms with Crippen LogP contribution in [0.15, 0.2) is 34.7 Å². The number of nitrogens with one attached hydrogen (secondary N) is 1. The summed E-state index contributed by atoms with van der Waals surface area (Å²) in [5, 5.41) is 5.73. The number of furan rings is 1. The Balaban J connectivity index is 1.09. The highest BCUT2D eigenvalue weighted by molar-refractivity contribution is 6.18. The number of halogens is 4. The Morgan fingerprint density at radius 1 is 1.04 bits per heavy atom. The van der Waals surface area contributed by atoms with Crippen molar-refractivity contribution in [1.82, 2.24) is 20.2 Å². The fraction of sp³-hybridized carbons (Fsp3) is 0.463. The van der Waals surface area contributed by atoms with Crippen LogP contribution in [-0.2, 0) is 0 Å². The summed E-state index contributed by atoms with van der Waals surface area (Å²) < 4.78 is 73.6. The van der Waals surface area contributed by atoms with Gasteiger partial charge >= 0.3 is 6.01 Å². The molecule has 5 heterocycles. The molecule has 2 aromatic heterocycles. The van der Waals surface area contributed by atoms with E-state index < -0.39 is 23.0 Å². The van der Waals surface area contributed by atoms with E-state index >= 15 is 8.78 Å². The number of nitrogen functional groups attached to an aromatic ring is 1. The molecule has 12 heteroatoms. The average Bonchev–Trinajstić information content (AvgIpc) is 3.89. The molecule has 5 aromatic rings. The summed E-state index contributed by atoms with van der Waals surface area (Å²) in [6.45, 7) is 5.55. The van der Waals surface area contributed by atoms with E-state index in [9.17, 15) is 8.78 Å². The highest BCUT2D eigenvalue weighted by atomic mass is 19.3. The normalized spacial score (nSPS) is 24.0. The van der Waals surface area contributed by atoms with Gasteiger partial charge in [-0.15, -0.1) is 6.42 Å². The molecule has 1 spiro atoms. The Morgan fingerprint density at radius 3 is 2.45 bits per heavy atom. The Labute approximate surface area is 304 Å². The Kier molecular flexibility index (Phi) is 7.13. The van der Waals surface area contributed by atoms with Crippen LogP contribution in [0.5, 0.6) is 6.01 Å². The standard InChI is InChI=1S/C41H40F4N6O2/c1-3-27-30(42)7-4-23-15-24(46)16-28(31(23)27)32-34(43)35-33(29-14-22(2)53-36(29)32)37(51-17-25-5-6-26(18-51)47-25)49-38(48-35)52-21-39(8-9-39)20-50-12-10-40(11-13-50)19-41(40,44)45/h1,4,7,14-16,25-26,47H,5-6,8-13,17-21,46H2,2H3/t25-,26+. The van der Waals surface area contributed by atoms with Crippen molar-refractivity contribution in [3.8, 4) is 29.5 Å². The van der Waals surface area contributed by atoms with Gasteiger partial charge < -0.3 is 30.0 Å². The van der Waals surface area contributed by atoms with E-state index in [1.165, 1.54) is 6.07 Å². The number of hydrogen-bond acceptors (Lipinski definition) is 8. The molecule has 3 saturated heterocycles. The lowest BCUT2D eigenvalue weighted by Crippen LogP contribution is -2.51. The van der Waals surface area contributed by atoms with E-state index in [2.05, 4.69) is 21.0 Å². The van der Waals surface area contributed by atoms with Gasteiger partial charge in [-0.25, -0.2) is 17.6 Å². The molecule has 8 nitrogen and oxygen atoms in total. The van der Waals surface area contributed by atoms with Crippen molar-refractivity contribution in [2.75, 3.05) is 50.0 Å². The van der Waals surface area contributed by atoms with E-state index in [-0.39, 0.29) is 52.2 Å². The fourth-order valence-corrected chi connectivity index (χ4v) is 9.52. The highest BCUT2D eigenvalue weighted by Crippen LogP contribution is 2.66. The monoisotopic (exact) mass is 724 g/mol. The van der Waals surface area contributed by atoms with Crippen molar-refractivity contribution < 1.29 is 26.7 Å². The van der Waals surface area contributed by atoms with Gasteiger partial charge in [0.1, 0.15) is 28.5 Å². The fourth-order valence-electron chi connectivity index (χ4n) is 9.52. The number of nitrogens with zero attached hydrogens (tertiary/aromatic N) is 4. The summed E-state index contributed by atoms with van der Waals surface area (Å²) >= 11 is 0. The third kappa shape index (κ3) is 5.25. The summed E-state index contributed by atoms with van der Waals surface area (Å²) in [5.74, 6) is -0.202. The first kappa shape index (κ1) is 33.0. The molecule has 3 aromatic carbocycles. The number of ether oxygens (including phenoxy) is 1. The molecule has 2 atom stereocenters. The third-order valence-electron chi connectivity index (χ3n) is 12.7. The number of piperazine rings is 1. The van der Waals surface area contributed by atoms with E-state index in [4.69, 9.17) is 31.3 Å². The van der Waals surface area contributed by atoms with Crippen LogP contribution in [0.1, 0.15) is 56.3 Å². The zero-order valence-corrected chi connectivity index (χ0v) is 29.5. The number of terminal acetylenes is 1. The minimum Gasteiger partial charge on any atom is -0.463 e. The zero-order chi connectivity index (χ0) is 36.4. The minimum atomic E-state index is -2.52. The van der Waals surface area contributed by atoms with Gasteiger partial charge in [0.2, 0.25) is 0 Å². The molecule has 2 saturated carbocycles. The number of piperidine rings is 1.